The van der Waals surface area contributed by atoms with E-state index in [4.69, 9.17) is 0 Å². The van der Waals surface area contributed by atoms with Crippen LogP contribution in [0.25, 0.3) is 0 Å². The van der Waals surface area contributed by atoms with Crippen LogP contribution >= 0.6 is 11.3 Å². The van der Waals surface area contributed by atoms with Gasteiger partial charge in [0.05, 0.1) is 0 Å². The quantitative estimate of drug-likeness (QED) is 0.882. The van der Waals surface area contributed by atoms with Crippen LogP contribution in [0.15, 0.2) is 24.5 Å². The maximum atomic E-state index is 4.45. The molecule has 0 amide bonds. The first kappa shape index (κ1) is 11.4. The molecule has 0 bridgehead atoms. The van der Waals surface area contributed by atoms with Crippen LogP contribution in [0.4, 0.5) is 0 Å². The molecule has 0 spiro atoms. The van der Waals surface area contributed by atoms with E-state index in [0.717, 1.165) is 12.4 Å². The van der Waals surface area contributed by atoms with Crippen molar-refractivity contribution in [3.8, 4) is 0 Å². The Labute approximate surface area is 100 Å². The third kappa shape index (κ3) is 2.03. The zero-order valence-electron chi connectivity index (χ0n) is 9.90. The molecule has 2 aromatic rings. The summed E-state index contributed by atoms with van der Waals surface area (Å²) in [6.07, 6.45) is 3.89. The molecule has 0 aliphatic heterocycles. The molecular weight excluding hydrogens is 218 g/mol. The molecule has 0 saturated heterocycles. The first-order valence-corrected chi connectivity index (χ1v) is 6.32. The highest BCUT2D eigenvalue weighted by molar-refractivity contribution is 7.12. The second kappa shape index (κ2) is 4.80. The Morgan fingerprint density at radius 1 is 1.50 bits per heavy atom. The van der Waals surface area contributed by atoms with Gasteiger partial charge < -0.3 is 9.88 Å². The lowest BCUT2D eigenvalue weighted by atomic mass is 10.2. The summed E-state index contributed by atoms with van der Waals surface area (Å²) in [4.78, 5) is 7.11. The molecule has 86 valence electrons. The van der Waals surface area contributed by atoms with Gasteiger partial charge in [-0.3, -0.25) is 0 Å². The van der Waals surface area contributed by atoms with E-state index in [9.17, 15) is 0 Å². The van der Waals surface area contributed by atoms with Crippen molar-refractivity contribution >= 4 is 11.3 Å². The largest absolute Gasteiger partial charge is 0.334 e. The minimum atomic E-state index is 0.202. The van der Waals surface area contributed by atoms with Crippen molar-refractivity contribution in [2.75, 3.05) is 7.05 Å². The molecule has 2 rings (SSSR count). The van der Waals surface area contributed by atoms with Gasteiger partial charge in [0.2, 0.25) is 0 Å². The van der Waals surface area contributed by atoms with Gasteiger partial charge in [0.15, 0.2) is 0 Å². The van der Waals surface area contributed by atoms with E-state index in [-0.39, 0.29) is 6.04 Å². The predicted octanol–water partition coefficient (Wildman–Crippen LogP) is 2.58. The summed E-state index contributed by atoms with van der Waals surface area (Å²) >= 11 is 1.82. The first-order chi connectivity index (χ1) is 7.76. The Hall–Kier alpha value is -1.13. The summed E-state index contributed by atoms with van der Waals surface area (Å²) in [5.41, 5.74) is 0. The topological polar surface area (TPSA) is 29.9 Å². The summed E-state index contributed by atoms with van der Waals surface area (Å²) in [5.74, 6) is 1.09. The van der Waals surface area contributed by atoms with E-state index >= 15 is 0 Å². The summed E-state index contributed by atoms with van der Waals surface area (Å²) < 4.78 is 2.18. The molecule has 0 saturated carbocycles. The third-order valence-corrected chi connectivity index (χ3v) is 3.75. The Morgan fingerprint density at radius 3 is 2.88 bits per heavy atom. The van der Waals surface area contributed by atoms with Crippen molar-refractivity contribution in [3.05, 3.63) is 40.1 Å². The second-order valence-electron chi connectivity index (χ2n) is 3.74. The van der Waals surface area contributed by atoms with Crippen LogP contribution in [-0.2, 0) is 6.54 Å². The minimum absolute atomic E-state index is 0.202. The van der Waals surface area contributed by atoms with Crippen LogP contribution in [0, 0.1) is 6.92 Å². The van der Waals surface area contributed by atoms with Gasteiger partial charge in [-0.1, -0.05) is 0 Å². The van der Waals surface area contributed by atoms with Crippen LogP contribution in [0.1, 0.15) is 28.5 Å². The molecule has 0 aromatic carbocycles. The fraction of sp³-hybridized carbons (Fsp3) is 0.417. The Bertz CT molecular complexity index is 458. The molecule has 4 heteroatoms. The first-order valence-electron chi connectivity index (χ1n) is 5.51. The number of hydrogen-bond donors (Lipinski definition) is 1. The van der Waals surface area contributed by atoms with Gasteiger partial charge in [-0.15, -0.1) is 11.3 Å². The lowest BCUT2D eigenvalue weighted by Crippen LogP contribution is -2.20. The van der Waals surface area contributed by atoms with Crippen LogP contribution in [0.5, 0.6) is 0 Å². The number of rotatable bonds is 4. The molecule has 0 aliphatic carbocycles. The molecule has 1 atom stereocenters. The maximum absolute atomic E-state index is 4.45. The van der Waals surface area contributed by atoms with Crippen LogP contribution in [0.2, 0.25) is 0 Å². The van der Waals surface area contributed by atoms with Gasteiger partial charge in [-0.05, 0) is 33.0 Å². The average Bonchev–Trinajstić information content (AvgIpc) is 2.89. The molecule has 2 aromatic heterocycles. The Balaban J connectivity index is 2.36. The molecule has 0 fully saturated rings. The van der Waals surface area contributed by atoms with Crippen molar-refractivity contribution in [3.63, 3.8) is 0 Å². The van der Waals surface area contributed by atoms with Crippen LogP contribution < -0.4 is 5.32 Å². The number of aryl methyl sites for hydroxylation is 2. The van der Waals surface area contributed by atoms with Crippen molar-refractivity contribution < 1.29 is 0 Å². The lowest BCUT2D eigenvalue weighted by Gasteiger charge is -2.15. The van der Waals surface area contributed by atoms with E-state index in [1.165, 1.54) is 9.75 Å². The predicted molar refractivity (Wildman–Crippen MR) is 67.9 cm³/mol. The third-order valence-electron chi connectivity index (χ3n) is 2.68. The van der Waals surface area contributed by atoms with Gasteiger partial charge in [0.25, 0.3) is 0 Å². The van der Waals surface area contributed by atoms with E-state index in [1.807, 2.05) is 30.8 Å². The van der Waals surface area contributed by atoms with Gasteiger partial charge >= 0.3 is 0 Å². The maximum Gasteiger partial charge on any atom is 0.131 e. The van der Waals surface area contributed by atoms with Crippen molar-refractivity contribution in [1.29, 1.82) is 0 Å². The Morgan fingerprint density at radius 2 is 2.31 bits per heavy atom. The summed E-state index contributed by atoms with van der Waals surface area (Å²) in [6.45, 7) is 5.22. The number of imidazole rings is 1. The fourth-order valence-electron chi connectivity index (χ4n) is 1.86. The SMILES string of the molecule is CCn1ccnc1C(NC)c1ccc(C)s1. The second-order valence-corrected chi connectivity index (χ2v) is 5.06. The highest BCUT2D eigenvalue weighted by Crippen LogP contribution is 2.27. The number of nitrogens with zero attached hydrogens (tertiary/aromatic N) is 2. The average molecular weight is 235 g/mol. The number of nitrogens with one attached hydrogen (secondary N) is 1. The van der Waals surface area contributed by atoms with Gasteiger partial charge in [-0.25, -0.2) is 4.98 Å². The standard InChI is InChI=1S/C12H17N3S/c1-4-15-8-7-14-12(15)11(13-3)10-6-5-9(2)16-10/h5-8,11,13H,4H2,1-3H3. The van der Waals surface area contributed by atoms with E-state index in [1.54, 1.807) is 0 Å². The number of hydrogen-bond acceptors (Lipinski definition) is 3. The molecule has 3 nitrogen and oxygen atoms in total. The highest BCUT2D eigenvalue weighted by atomic mass is 32.1. The number of thiophene rings is 1. The van der Waals surface area contributed by atoms with Crippen molar-refractivity contribution in [1.82, 2.24) is 14.9 Å². The van der Waals surface area contributed by atoms with E-state index in [2.05, 4.69) is 40.8 Å². The molecule has 0 radical (unpaired) electrons. The van der Waals surface area contributed by atoms with Gasteiger partial charge in [0.1, 0.15) is 11.9 Å². The molecular formula is C12H17N3S. The van der Waals surface area contributed by atoms with E-state index < -0.39 is 0 Å². The Kier molecular flexibility index (Phi) is 3.41. The molecule has 16 heavy (non-hydrogen) atoms. The monoisotopic (exact) mass is 235 g/mol. The highest BCUT2D eigenvalue weighted by Gasteiger charge is 2.18. The molecule has 1 unspecified atom stereocenters. The smallest absolute Gasteiger partial charge is 0.131 e. The molecule has 1 N–H and O–H groups in total. The van der Waals surface area contributed by atoms with Crippen LogP contribution in [0.3, 0.4) is 0 Å². The summed E-state index contributed by atoms with van der Waals surface area (Å²) in [5, 5.41) is 3.34. The summed E-state index contributed by atoms with van der Waals surface area (Å²) in [7, 11) is 1.98. The fourth-order valence-corrected chi connectivity index (χ4v) is 2.84. The van der Waals surface area contributed by atoms with Gasteiger partial charge in [-0.2, -0.15) is 0 Å². The molecule has 2 heterocycles. The van der Waals surface area contributed by atoms with Crippen LogP contribution in [-0.4, -0.2) is 16.6 Å². The lowest BCUT2D eigenvalue weighted by molar-refractivity contribution is 0.597. The molecule has 0 aliphatic rings. The number of aromatic nitrogens is 2. The minimum Gasteiger partial charge on any atom is -0.334 e. The zero-order valence-corrected chi connectivity index (χ0v) is 10.7. The normalized spacial score (nSPS) is 12.9. The van der Waals surface area contributed by atoms with Crippen molar-refractivity contribution in [2.24, 2.45) is 0 Å². The van der Waals surface area contributed by atoms with E-state index in [0.29, 0.717) is 0 Å². The van der Waals surface area contributed by atoms with Crippen molar-refractivity contribution in [2.45, 2.75) is 26.4 Å². The zero-order chi connectivity index (χ0) is 11.5. The summed E-state index contributed by atoms with van der Waals surface area (Å²) in [6, 6.07) is 4.54. The van der Waals surface area contributed by atoms with Gasteiger partial charge in [0, 0.05) is 28.7 Å².